The summed E-state index contributed by atoms with van der Waals surface area (Å²) in [4.78, 5) is 0. The van der Waals surface area contributed by atoms with Crippen LogP contribution in [0.2, 0.25) is 0 Å². The Hall–Kier alpha value is -0.240. The summed E-state index contributed by atoms with van der Waals surface area (Å²) < 4.78 is 5.39. The Bertz CT molecular complexity index is 237. The Morgan fingerprint density at radius 3 is 2.55 bits per heavy atom. The van der Waals surface area contributed by atoms with E-state index in [4.69, 9.17) is 4.42 Å². The van der Waals surface area contributed by atoms with Gasteiger partial charge in [-0.05, 0) is 18.6 Å². The lowest BCUT2D eigenvalue weighted by Crippen LogP contribution is -2.18. The highest BCUT2D eigenvalue weighted by Crippen LogP contribution is 2.28. The Labute approximate surface area is 75.9 Å². The molecule has 11 heavy (non-hydrogen) atoms. The SMILES string of the molecule is Cc1ccoc1C(C)(C)CBr. The van der Waals surface area contributed by atoms with Crippen molar-refractivity contribution in [1.82, 2.24) is 0 Å². The average Bonchev–Trinajstić information content (AvgIpc) is 2.36. The molecule has 0 amide bonds. The van der Waals surface area contributed by atoms with Gasteiger partial charge in [0.1, 0.15) is 5.76 Å². The van der Waals surface area contributed by atoms with Gasteiger partial charge in [0, 0.05) is 10.7 Å². The quantitative estimate of drug-likeness (QED) is 0.693. The molecular formula is C9H13BrO. The van der Waals surface area contributed by atoms with Crippen LogP contribution >= 0.6 is 15.9 Å². The fraction of sp³-hybridized carbons (Fsp3) is 0.556. The van der Waals surface area contributed by atoms with E-state index in [-0.39, 0.29) is 5.41 Å². The minimum atomic E-state index is 0.105. The standard InChI is InChI=1S/C9H13BrO/c1-7-4-5-11-8(7)9(2,3)6-10/h4-5H,6H2,1-3H3. The van der Waals surface area contributed by atoms with Crippen molar-refractivity contribution in [2.45, 2.75) is 26.2 Å². The van der Waals surface area contributed by atoms with E-state index in [1.165, 1.54) is 5.56 Å². The monoisotopic (exact) mass is 216 g/mol. The maximum atomic E-state index is 5.39. The Kier molecular flexibility index (Phi) is 2.43. The van der Waals surface area contributed by atoms with Gasteiger partial charge in [-0.3, -0.25) is 0 Å². The predicted octanol–water partition coefficient (Wildman–Crippen LogP) is 3.26. The molecular weight excluding hydrogens is 204 g/mol. The van der Waals surface area contributed by atoms with E-state index in [0.717, 1.165) is 11.1 Å². The molecule has 0 unspecified atom stereocenters. The molecule has 0 saturated carbocycles. The Balaban J connectivity index is 3.00. The molecule has 1 aromatic heterocycles. The van der Waals surface area contributed by atoms with Gasteiger partial charge in [-0.15, -0.1) is 0 Å². The molecule has 1 heterocycles. The van der Waals surface area contributed by atoms with Crippen LogP contribution in [0, 0.1) is 6.92 Å². The Morgan fingerprint density at radius 1 is 1.55 bits per heavy atom. The molecule has 0 aliphatic rings. The molecule has 0 bridgehead atoms. The molecule has 1 nitrogen and oxygen atoms in total. The highest BCUT2D eigenvalue weighted by molar-refractivity contribution is 9.09. The highest BCUT2D eigenvalue weighted by Gasteiger charge is 2.23. The summed E-state index contributed by atoms with van der Waals surface area (Å²) in [7, 11) is 0. The third-order valence-corrected chi connectivity index (χ3v) is 3.21. The number of hydrogen-bond donors (Lipinski definition) is 0. The normalized spacial score (nSPS) is 12.0. The van der Waals surface area contributed by atoms with E-state index < -0.39 is 0 Å². The van der Waals surface area contributed by atoms with Gasteiger partial charge in [-0.2, -0.15) is 0 Å². The van der Waals surface area contributed by atoms with Crippen LogP contribution in [0.5, 0.6) is 0 Å². The fourth-order valence-electron chi connectivity index (χ4n) is 1.13. The highest BCUT2D eigenvalue weighted by atomic mass is 79.9. The molecule has 0 aromatic carbocycles. The summed E-state index contributed by atoms with van der Waals surface area (Å²) in [5, 5.41) is 0.925. The molecule has 62 valence electrons. The van der Waals surface area contributed by atoms with E-state index in [1.807, 2.05) is 6.07 Å². The molecule has 2 heteroatoms. The smallest absolute Gasteiger partial charge is 0.113 e. The average molecular weight is 217 g/mol. The number of furan rings is 1. The van der Waals surface area contributed by atoms with Crippen molar-refractivity contribution >= 4 is 15.9 Å². The van der Waals surface area contributed by atoms with Gasteiger partial charge >= 0.3 is 0 Å². The molecule has 0 aliphatic heterocycles. The molecule has 1 aromatic rings. The minimum Gasteiger partial charge on any atom is -0.468 e. The molecule has 0 saturated heterocycles. The molecule has 0 aliphatic carbocycles. The van der Waals surface area contributed by atoms with Crippen molar-refractivity contribution in [2.24, 2.45) is 0 Å². The van der Waals surface area contributed by atoms with Crippen molar-refractivity contribution in [3.63, 3.8) is 0 Å². The maximum absolute atomic E-state index is 5.39. The topological polar surface area (TPSA) is 13.1 Å². The number of halogens is 1. The fourth-order valence-corrected chi connectivity index (χ4v) is 1.38. The number of hydrogen-bond acceptors (Lipinski definition) is 1. The summed E-state index contributed by atoms with van der Waals surface area (Å²) in [6.07, 6.45) is 1.75. The summed E-state index contributed by atoms with van der Waals surface area (Å²) >= 11 is 3.47. The van der Waals surface area contributed by atoms with Crippen molar-refractivity contribution in [3.8, 4) is 0 Å². The van der Waals surface area contributed by atoms with Crippen LogP contribution in [-0.4, -0.2) is 5.33 Å². The number of alkyl halides is 1. The first-order valence-electron chi connectivity index (χ1n) is 3.68. The lowest BCUT2D eigenvalue weighted by Gasteiger charge is -2.19. The second-order valence-corrected chi connectivity index (χ2v) is 4.01. The second kappa shape index (κ2) is 3.02. The van der Waals surface area contributed by atoms with E-state index in [1.54, 1.807) is 6.26 Å². The van der Waals surface area contributed by atoms with Crippen LogP contribution in [0.15, 0.2) is 16.7 Å². The van der Waals surface area contributed by atoms with Crippen molar-refractivity contribution in [3.05, 3.63) is 23.7 Å². The van der Waals surface area contributed by atoms with Crippen LogP contribution in [0.4, 0.5) is 0 Å². The summed E-state index contributed by atoms with van der Waals surface area (Å²) in [5.41, 5.74) is 1.34. The van der Waals surface area contributed by atoms with Gasteiger partial charge in [-0.1, -0.05) is 29.8 Å². The number of aryl methyl sites for hydroxylation is 1. The van der Waals surface area contributed by atoms with Gasteiger partial charge in [0.15, 0.2) is 0 Å². The van der Waals surface area contributed by atoms with Crippen LogP contribution in [0.1, 0.15) is 25.2 Å². The van der Waals surface area contributed by atoms with E-state index in [9.17, 15) is 0 Å². The lowest BCUT2D eigenvalue weighted by atomic mass is 9.91. The summed E-state index contributed by atoms with van der Waals surface area (Å²) in [6, 6.07) is 2.00. The van der Waals surface area contributed by atoms with Crippen molar-refractivity contribution in [2.75, 3.05) is 5.33 Å². The zero-order valence-corrected chi connectivity index (χ0v) is 8.73. The summed E-state index contributed by atoms with van der Waals surface area (Å²) in [6.45, 7) is 6.39. The lowest BCUT2D eigenvalue weighted by molar-refractivity contribution is 0.413. The van der Waals surface area contributed by atoms with Crippen LogP contribution < -0.4 is 0 Å². The van der Waals surface area contributed by atoms with Crippen LogP contribution in [-0.2, 0) is 5.41 Å². The zero-order chi connectivity index (χ0) is 8.48. The first-order chi connectivity index (χ1) is 5.08. The maximum Gasteiger partial charge on any atom is 0.113 e. The second-order valence-electron chi connectivity index (χ2n) is 3.45. The first-order valence-corrected chi connectivity index (χ1v) is 4.80. The molecule has 0 radical (unpaired) electrons. The van der Waals surface area contributed by atoms with E-state index >= 15 is 0 Å². The van der Waals surface area contributed by atoms with E-state index in [0.29, 0.717) is 0 Å². The van der Waals surface area contributed by atoms with Gasteiger partial charge in [-0.25, -0.2) is 0 Å². The van der Waals surface area contributed by atoms with Gasteiger partial charge in [0.05, 0.1) is 6.26 Å². The van der Waals surface area contributed by atoms with Crippen LogP contribution in [0.25, 0.3) is 0 Å². The predicted molar refractivity (Wildman–Crippen MR) is 50.3 cm³/mol. The van der Waals surface area contributed by atoms with Crippen molar-refractivity contribution < 1.29 is 4.42 Å². The molecule has 0 spiro atoms. The number of rotatable bonds is 2. The van der Waals surface area contributed by atoms with Gasteiger partial charge < -0.3 is 4.42 Å². The minimum absolute atomic E-state index is 0.105. The molecule has 0 N–H and O–H groups in total. The van der Waals surface area contributed by atoms with Gasteiger partial charge in [0.2, 0.25) is 0 Å². The zero-order valence-electron chi connectivity index (χ0n) is 7.15. The molecule has 0 atom stereocenters. The molecule has 0 fully saturated rings. The largest absolute Gasteiger partial charge is 0.468 e. The first kappa shape index (κ1) is 8.85. The third-order valence-electron chi connectivity index (χ3n) is 1.81. The van der Waals surface area contributed by atoms with Crippen molar-refractivity contribution in [1.29, 1.82) is 0 Å². The van der Waals surface area contributed by atoms with Gasteiger partial charge in [0.25, 0.3) is 0 Å². The summed E-state index contributed by atoms with van der Waals surface area (Å²) in [5.74, 6) is 1.08. The Morgan fingerprint density at radius 2 is 2.18 bits per heavy atom. The third kappa shape index (κ3) is 1.67. The molecule has 1 rings (SSSR count). The van der Waals surface area contributed by atoms with Crippen LogP contribution in [0.3, 0.4) is 0 Å². The van der Waals surface area contributed by atoms with E-state index in [2.05, 4.69) is 36.7 Å².